The fourth-order valence-electron chi connectivity index (χ4n) is 1.43. The van der Waals surface area contributed by atoms with Crippen molar-refractivity contribution in [2.75, 3.05) is 12.4 Å². The van der Waals surface area contributed by atoms with E-state index in [0.29, 0.717) is 0 Å². The Morgan fingerprint density at radius 1 is 1.18 bits per heavy atom. The third kappa shape index (κ3) is 2.64. The SMILES string of the molecule is CNc1cccc(-c2nc(C(C)(C)C)cs2)n1. The van der Waals surface area contributed by atoms with E-state index in [1.165, 1.54) is 0 Å². The summed E-state index contributed by atoms with van der Waals surface area (Å²) in [4.78, 5) is 9.15. The quantitative estimate of drug-likeness (QED) is 0.882. The second kappa shape index (κ2) is 4.45. The Balaban J connectivity index is 2.37. The summed E-state index contributed by atoms with van der Waals surface area (Å²) < 4.78 is 0. The van der Waals surface area contributed by atoms with Crippen molar-refractivity contribution in [3.8, 4) is 10.7 Å². The third-order valence-electron chi connectivity index (χ3n) is 2.50. The summed E-state index contributed by atoms with van der Waals surface area (Å²) in [6.45, 7) is 6.51. The number of hydrogen-bond donors (Lipinski definition) is 1. The van der Waals surface area contributed by atoms with Gasteiger partial charge in [0, 0.05) is 17.8 Å². The van der Waals surface area contributed by atoms with Crippen LogP contribution in [0.3, 0.4) is 0 Å². The van der Waals surface area contributed by atoms with Crippen LogP contribution in [0.1, 0.15) is 26.5 Å². The fraction of sp³-hybridized carbons (Fsp3) is 0.385. The first-order chi connectivity index (χ1) is 8.00. The van der Waals surface area contributed by atoms with Crippen LogP contribution >= 0.6 is 11.3 Å². The molecule has 0 aliphatic carbocycles. The molecule has 0 fully saturated rings. The van der Waals surface area contributed by atoms with Gasteiger partial charge in [0.25, 0.3) is 0 Å². The average Bonchev–Trinajstić information content (AvgIpc) is 2.78. The van der Waals surface area contributed by atoms with Gasteiger partial charge < -0.3 is 5.32 Å². The maximum absolute atomic E-state index is 4.66. The van der Waals surface area contributed by atoms with Crippen LogP contribution in [0.15, 0.2) is 23.6 Å². The van der Waals surface area contributed by atoms with Crippen molar-refractivity contribution in [3.05, 3.63) is 29.3 Å². The van der Waals surface area contributed by atoms with Gasteiger partial charge in [0.15, 0.2) is 0 Å². The van der Waals surface area contributed by atoms with Gasteiger partial charge in [0.1, 0.15) is 16.5 Å². The third-order valence-corrected chi connectivity index (χ3v) is 3.36. The van der Waals surface area contributed by atoms with Crippen molar-refractivity contribution < 1.29 is 0 Å². The molecular formula is C13H17N3S. The molecule has 0 aromatic carbocycles. The van der Waals surface area contributed by atoms with Crippen LogP contribution in [-0.4, -0.2) is 17.0 Å². The Kier molecular flexibility index (Phi) is 3.15. The minimum atomic E-state index is 0.0926. The lowest BCUT2D eigenvalue weighted by Gasteiger charge is -2.14. The van der Waals surface area contributed by atoms with Gasteiger partial charge >= 0.3 is 0 Å². The van der Waals surface area contributed by atoms with E-state index in [1.807, 2.05) is 25.2 Å². The molecule has 2 rings (SSSR count). The predicted octanol–water partition coefficient (Wildman–Crippen LogP) is 3.54. The van der Waals surface area contributed by atoms with Crippen LogP contribution < -0.4 is 5.32 Å². The zero-order valence-electron chi connectivity index (χ0n) is 10.6. The van der Waals surface area contributed by atoms with Gasteiger partial charge in [-0.2, -0.15) is 0 Å². The summed E-state index contributed by atoms with van der Waals surface area (Å²) in [6, 6.07) is 5.93. The Labute approximate surface area is 106 Å². The zero-order valence-corrected chi connectivity index (χ0v) is 11.4. The molecule has 0 radical (unpaired) electrons. The highest BCUT2D eigenvalue weighted by Crippen LogP contribution is 2.29. The molecule has 0 aliphatic heterocycles. The normalized spacial score (nSPS) is 11.5. The number of aromatic nitrogens is 2. The molecule has 0 bridgehead atoms. The smallest absolute Gasteiger partial charge is 0.142 e. The monoisotopic (exact) mass is 247 g/mol. The van der Waals surface area contributed by atoms with Gasteiger partial charge in [0.2, 0.25) is 0 Å². The molecular weight excluding hydrogens is 230 g/mol. The molecule has 3 nitrogen and oxygen atoms in total. The summed E-state index contributed by atoms with van der Waals surface area (Å²) >= 11 is 1.65. The van der Waals surface area contributed by atoms with E-state index in [2.05, 4.69) is 41.4 Å². The Morgan fingerprint density at radius 2 is 1.94 bits per heavy atom. The molecule has 0 spiro atoms. The maximum atomic E-state index is 4.66. The Bertz CT molecular complexity index is 511. The van der Waals surface area contributed by atoms with Crippen molar-refractivity contribution in [1.82, 2.24) is 9.97 Å². The van der Waals surface area contributed by atoms with Gasteiger partial charge in [-0.15, -0.1) is 11.3 Å². The molecule has 2 heterocycles. The van der Waals surface area contributed by atoms with Gasteiger partial charge in [-0.05, 0) is 12.1 Å². The molecule has 17 heavy (non-hydrogen) atoms. The minimum Gasteiger partial charge on any atom is -0.373 e. The van der Waals surface area contributed by atoms with Crippen LogP contribution in [0.25, 0.3) is 10.7 Å². The van der Waals surface area contributed by atoms with E-state index in [1.54, 1.807) is 11.3 Å². The first-order valence-electron chi connectivity index (χ1n) is 5.62. The fourth-order valence-corrected chi connectivity index (χ4v) is 2.44. The predicted molar refractivity (Wildman–Crippen MR) is 73.6 cm³/mol. The molecule has 0 aliphatic rings. The lowest BCUT2D eigenvalue weighted by Crippen LogP contribution is -2.11. The molecule has 0 saturated carbocycles. The summed E-state index contributed by atoms with van der Waals surface area (Å²) in [6.07, 6.45) is 0. The lowest BCUT2D eigenvalue weighted by molar-refractivity contribution is 0.573. The first kappa shape index (κ1) is 12.0. The largest absolute Gasteiger partial charge is 0.373 e. The number of rotatable bonds is 2. The van der Waals surface area contributed by atoms with E-state index in [4.69, 9.17) is 0 Å². The second-order valence-electron chi connectivity index (χ2n) is 4.95. The first-order valence-corrected chi connectivity index (χ1v) is 6.50. The summed E-state index contributed by atoms with van der Waals surface area (Å²) in [7, 11) is 1.87. The molecule has 0 unspecified atom stereocenters. The van der Waals surface area contributed by atoms with E-state index in [9.17, 15) is 0 Å². The van der Waals surface area contributed by atoms with Crippen LogP contribution in [0.5, 0.6) is 0 Å². The number of nitrogens with zero attached hydrogens (tertiary/aromatic N) is 2. The lowest BCUT2D eigenvalue weighted by atomic mass is 9.93. The number of thiazole rings is 1. The van der Waals surface area contributed by atoms with E-state index < -0.39 is 0 Å². The number of anilines is 1. The summed E-state index contributed by atoms with van der Waals surface area (Å²) in [5, 5.41) is 6.13. The topological polar surface area (TPSA) is 37.8 Å². The summed E-state index contributed by atoms with van der Waals surface area (Å²) in [5.41, 5.74) is 2.14. The van der Waals surface area contributed by atoms with Gasteiger partial charge in [-0.3, -0.25) is 0 Å². The molecule has 0 atom stereocenters. The van der Waals surface area contributed by atoms with Crippen molar-refractivity contribution in [2.24, 2.45) is 0 Å². The standard InChI is InChI=1S/C13H17N3S/c1-13(2,3)10-8-17-12(16-10)9-6-5-7-11(14-4)15-9/h5-8H,1-4H3,(H,14,15). The number of pyridine rings is 1. The molecule has 2 aromatic rings. The molecule has 90 valence electrons. The molecule has 0 amide bonds. The van der Waals surface area contributed by atoms with E-state index in [-0.39, 0.29) is 5.41 Å². The van der Waals surface area contributed by atoms with Crippen LogP contribution in [0.2, 0.25) is 0 Å². The van der Waals surface area contributed by atoms with Crippen molar-refractivity contribution in [3.63, 3.8) is 0 Å². The van der Waals surface area contributed by atoms with Crippen LogP contribution in [0, 0.1) is 0 Å². The highest BCUT2D eigenvalue weighted by molar-refractivity contribution is 7.13. The molecule has 0 saturated heterocycles. The Morgan fingerprint density at radius 3 is 2.53 bits per heavy atom. The molecule has 1 N–H and O–H groups in total. The van der Waals surface area contributed by atoms with Crippen LogP contribution in [-0.2, 0) is 5.41 Å². The Hall–Kier alpha value is -1.42. The van der Waals surface area contributed by atoms with Crippen molar-refractivity contribution in [1.29, 1.82) is 0 Å². The highest BCUT2D eigenvalue weighted by Gasteiger charge is 2.18. The molecule has 2 aromatic heterocycles. The maximum Gasteiger partial charge on any atom is 0.142 e. The van der Waals surface area contributed by atoms with E-state index >= 15 is 0 Å². The van der Waals surface area contributed by atoms with Crippen molar-refractivity contribution in [2.45, 2.75) is 26.2 Å². The van der Waals surface area contributed by atoms with Gasteiger partial charge in [0.05, 0.1) is 5.69 Å². The second-order valence-corrected chi connectivity index (χ2v) is 5.80. The average molecular weight is 247 g/mol. The van der Waals surface area contributed by atoms with Gasteiger partial charge in [-0.1, -0.05) is 26.8 Å². The molecule has 4 heteroatoms. The summed E-state index contributed by atoms with van der Waals surface area (Å²) in [5.74, 6) is 0.870. The zero-order chi connectivity index (χ0) is 12.5. The van der Waals surface area contributed by atoms with E-state index in [0.717, 1.165) is 22.2 Å². The highest BCUT2D eigenvalue weighted by atomic mass is 32.1. The van der Waals surface area contributed by atoms with Crippen molar-refractivity contribution >= 4 is 17.2 Å². The number of hydrogen-bond acceptors (Lipinski definition) is 4. The van der Waals surface area contributed by atoms with Crippen LogP contribution in [0.4, 0.5) is 5.82 Å². The van der Waals surface area contributed by atoms with Gasteiger partial charge in [-0.25, -0.2) is 9.97 Å². The number of nitrogens with one attached hydrogen (secondary N) is 1. The minimum absolute atomic E-state index is 0.0926.